The lowest BCUT2D eigenvalue weighted by Gasteiger charge is -2.17. The molecule has 1 amide bonds. The van der Waals surface area contributed by atoms with Crippen molar-refractivity contribution in [2.45, 2.75) is 12.9 Å². The van der Waals surface area contributed by atoms with E-state index >= 15 is 0 Å². The normalized spacial score (nSPS) is 11.1. The molecular weight excluding hydrogens is 313 g/mol. The van der Waals surface area contributed by atoms with E-state index in [0.29, 0.717) is 15.9 Å². The molecule has 1 aromatic heterocycles. The van der Waals surface area contributed by atoms with Gasteiger partial charge in [-0.2, -0.15) is 4.73 Å². The number of amides is 1. The third-order valence-electron chi connectivity index (χ3n) is 2.97. The molecule has 122 valence electrons. The fourth-order valence-electron chi connectivity index (χ4n) is 1.92. The lowest BCUT2D eigenvalue weighted by Crippen LogP contribution is -2.29. The van der Waals surface area contributed by atoms with E-state index < -0.39 is 6.36 Å². The number of pyridine rings is 1. The van der Waals surface area contributed by atoms with Gasteiger partial charge in [0.25, 0.3) is 5.91 Å². The Morgan fingerprint density at radius 3 is 2.26 bits per heavy atom. The van der Waals surface area contributed by atoms with Gasteiger partial charge in [-0.15, -0.1) is 13.2 Å². The second kappa shape index (κ2) is 6.55. The molecule has 1 heterocycles. The minimum absolute atomic E-state index is 0.206. The first-order chi connectivity index (χ1) is 10.7. The van der Waals surface area contributed by atoms with Crippen LogP contribution in [0.1, 0.15) is 15.9 Å². The van der Waals surface area contributed by atoms with E-state index in [4.69, 9.17) is 0 Å². The van der Waals surface area contributed by atoms with Gasteiger partial charge >= 0.3 is 6.36 Å². The molecule has 0 aliphatic heterocycles. The third kappa shape index (κ3) is 4.87. The van der Waals surface area contributed by atoms with Crippen LogP contribution in [0.2, 0.25) is 0 Å². The van der Waals surface area contributed by atoms with Crippen LogP contribution in [-0.4, -0.2) is 24.2 Å². The van der Waals surface area contributed by atoms with E-state index in [-0.39, 0.29) is 18.2 Å². The van der Waals surface area contributed by atoms with Gasteiger partial charge in [-0.3, -0.25) is 4.79 Å². The van der Waals surface area contributed by atoms with Crippen molar-refractivity contribution >= 4 is 5.91 Å². The average Bonchev–Trinajstić information content (AvgIpc) is 2.48. The summed E-state index contributed by atoms with van der Waals surface area (Å²) in [6.45, 7) is 0.206. The summed E-state index contributed by atoms with van der Waals surface area (Å²) in [5.74, 6) is -0.625. The Balaban J connectivity index is 2.01. The maximum Gasteiger partial charge on any atom is 0.573 e. The first-order valence-corrected chi connectivity index (χ1v) is 6.53. The van der Waals surface area contributed by atoms with Gasteiger partial charge in [-0.1, -0.05) is 12.1 Å². The summed E-state index contributed by atoms with van der Waals surface area (Å²) in [6.07, 6.45) is -2.31. The number of carbonyl (C=O) groups is 1. The molecule has 2 rings (SSSR count). The minimum atomic E-state index is -4.74. The van der Waals surface area contributed by atoms with Crippen LogP contribution in [0.5, 0.6) is 5.75 Å². The summed E-state index contributed by atoms with van der Waals surface area (Å²) < 4.78 is 40.6. The lowest BCUT2D eigenvalue weighted by atomic mass is 10.2. The number of halogens is 3. The SMILES string of the molecule is CN(Cc1ccc(OC(F)(F)F)cc1)C(=O)c1cc[n+]([O-])cc1. The van der Waals surface area contributed by atoms with E-state index in [1.54, 1.807) is 7.05 Å². The predicted octanol–water partition coefficient (Wildman–Crippen LogP) is 2.49. The zero-order valence-corrected chi connectivity index (χ0v) is 12.1. The highest BCUT2D eigenvalue weighted by Crippen LogP contribution is 2.23. The Morgan fingerprint density at radius 2 is 1.74 bits per heavy atom. The maximum absolute atomic E-state index is 12.2. The van der Waals surface area contributed by atoms with Crippen molar-refractivity contribution in [2.24, 2.45) is 0 Å². The standard InChI is InChI=1S/C15H13F3N2O3/c1-19(14(21)12-6-8-20(22)9-7-12)10-11-2-4-13(5-3-11)23-15(16,17)18/h2-9H,10H2,1H3. The fourth-order valence-corrected chi connectivity index (χ4v) is 1.92. The highest BCUT2D eigenvalue weighted by molar-refractivity contribution is 5.93. The van der Waals surface area contributed by atoms with E-state index in [0.717, 1.165) is 0 Å². The molecule has 23 heavy (non-hydrogen) atoms. The van der Waals surface area contributed by atoms with Crippen molar-refractivity contribution in [3.63, 3.8) is 0 Å². The van der Waals surface area contributed by atoms with Crippen molar-refractivity contribution in [1.29, 1.82) is 0 Å². The first kappa shape index (κ1) is 16.6. The first-order valence-electron chi connectivity index (χ1n) is 6.53. The van der Waals surface area contributed by atoms with E-state index in [1.807, 2.05) is 0 Å². The third-order valence-corrected chi connectivity index (χ3v) is 2.97. The lowest BCUT2D eigenvalue weighted by molar-refractivity contribution is -0.605. The second-order valence-electron chi connectivity index (χ2n) is 4.80. The number of hydrogen-bond donors (Lipinski definition) is 0. The number of benzene rings is 1. The van der Waals surface area contributed by atoms with Crippen LogP contribution >= 0.6 is 0 Å². The van der Waals surface area contributed by atoms with Crippen LogP contribution < -0.4 is 9.47 Å². The number of alkyl halides is 3. The van der Waals surface area contributed by atoms with Crippen molar-refractivity contribution < 1.29 is 27.4 Å². The molecule has 0 saturated carbocycles. The quantitative estimate of drug-likeness (QED) is 0.641. The van der Waals surface area contributed by atoms with Crippen molar-refractivity contribution in [3.8, 4) is 5.75 Å². The topological polar surface area (TPSA) is 56.5 Å². The smallest absolute Gasteiger partial charge is 0.573 e. The van der Waals surface area contributed by atoms with Gasteiger partial charge in [0.1, 0.15) is 5.75 Å². The molecule has 5 nitrogen and oxygen atoms in total. The molecule has 8 heteroatoms. The Morgan fingerprint density at radius 1 is 1.17 bits per heavy atom. The zero-order chi connectivity index (χ0) is 17.0. The van der Waals surface area contributed by atoms with Crippen molar-refractivity contribution in [3.05, 3.63) is 65.1 Å². The van der Waals surface area contributed by atoms with Crippen LogP contribution in [0.25, 0.3) is 0 Å². The molecular formula is C15H13F3N2O3. The molecule has 0 saturated heterocycles. The van der Waals surface area contributed by atoms with Gasteiger partial charge in [0.2, 0.25) is 0 Å². The summed E-state index contributed by atoms with van der Waals surface area (Å²) in [6, 6.07) is 8.05. The van der Waals surface area contributed by atoms with Crippen LogP contribution in [0, 0.1) is 5.21 Å². The Bertz CT molecular complexity index is 670. The molecule has 0 atom stereocenters. The molecule has 0 unspecified atom stereocenters. The number of rotatable bonds is 4. The minimum Gasteiger partial charge on any atom is -0.619 e. The van der Waals surface area contributed by atoms with Gasteiger partial charge < -0.3 is 14.8 Å². The van der Waals surface area contributed by atoms with Crippen molar-refractivity contribution in [2.75, 3.05) is 7.05 Å². The van der Waals surface area contributed by atoms with Crippen LogP contribution in [0.3, 0.4) is 0 Å². The Kier molecular flexibility index (Phi) is 4.73. The largest absolute Gasteiger partial charge is 0.619 e. The predicted molar refractivity (Wildman–Crippen MR) is 74.3 cm³/mol. The van der Waals surface area contributed by atoms with Gasteiger partial charge in [-0.25, -0.2) is 0 Å². The molecule has 2 aromatic rings. The van der Waals surface area contributed by atoms with Crippen LogP contribution in [-0.2, 0) is 6.54 Å². The van der Waals surface area contributed by atoms with Crippen LogP contribution in [0.15, 0.2) is 48.8 Å². The van der Waals surface area contributed by atoms with Crippen molar-refractivity contribution in [1.82, 2.24) is 4.90 Å². The van der Waals surface area contributed by atoms with Gasteiger partial charge in [0.05, 0.1) is 5.56 Å². The number of aromatic nitrogens is 1. The molecule has 0 fully saturated rings. The summed E-state index contributed by atoms with van der Waals surface area (Å²) in [7, 11) is 1.56. The fraction of sp³-hybridized carbons (Fsp3) is 0.200. The molecule has 0 spiro atoms. The zero-order valence-electron chi connectivity index (χ0n) is 12.1. The van der Waals surface area contributed by atoms with E-state index in [2.05, 4.69) is 4.74 Å². The summed E-state index contributed by atoms with van der Waals surface area (Å²) in [5.41, 5.74) is 0.988. The van der Waals surface area contributed by atoms with Gasteiger partial charge in [0, 0.05) is 25.7 Å². The highest BCUT2D eigenvalue weighted by Gasteiger charge is 2.30. The summed E-state index contributed by atoms with van der Waals surface area (Å²) >= 11 is 0. The molecule has 0 radical (unpaired) electrons. The molecule has 0 aliphatic carbocycles. The molecule has 0 aliphatic rings. The monoisotopic (exact) mass is 326 g/mol. The maximum atomic E-state index is 12.2. The molecule has 1 aromatic carbocycles. The second-order valence-corrected chi connectivity index (χ2v) is 4.80. The number of carbonyl (C=O) groups excluding carboxylic acids is 1. The van der Waals surface area contributed by atoms with Gasteiger partial charge in [-0.05, 0) is 17.7 Å². The van der Waals surface area contributed by atoms with Crippen LogP contribution in [0.4, 0.5) is 13.2 Å². The molecule has 0 bridgehead atoms. The Labute approximate surface area is 130 Å². The Hall–Kier alpha value is -2.77. The number of hydrogen-bond acceptors (Lipinski definition) is 3. The molecule has 0 N–H and O–H groups in total. The number of ether oxygens (including phenoxy) is 1. The highest BCUT2D eigenvalue weighted by atomic mass is 19.4. The average molecular weight is 326 g/mol. The van der Waals surface area contributed by atoms with E-state index in [9.17, 15) is 23.2 Å². The number of nitrogens with zero attached hydrogens (tertiary/aromatic N) is 2. The van der Waals surface area contributed by atoms with E-state index in [1.165, 1.54) is 53.7 Å². The summed E-state index contributed by atoms with van der Waals surface area (Å²) in [4.78, 5) is 13.5. The summed E-state index contributed by atoms with van der Waals surface area (Å²) in [5, 5.41) is 10.9. The van der Waals surface area contributed by atoms with Gasteiger partial charge in [0.15, 0.2) is 12.4 Å².